The largest absolute Gasteiger partial charge is 0.494 e. The van der Waals surface area contributed by atoms with Crippen molar-refractivity contribution in [2.24, 2.45) is 5.73 Å². The smallest absolute Gasteiger partial charge is 0.241 e. The van der Waals surface area contributed by atoms with Crippen molar-refractivity contribution in [2.45, 2.75) is 25.8 Å². The summed E-state index contributed by atoms with van der Waals surface area (Å²) in [5.41, 5.74) is 6.13. The van der Waals surface area contributed by atoms with Gasteiger partial charge in [0.1, 0.15) is 0 Å². The van der Waals surface area contributed by atoms with E-state index in [9.17, 15) is 9.18 Å². The highest BCUT2D eigenvalue weighted by molar-refractivity contribution is 5.94. The molecule has 1 unspecified atom stereocenters. The second-order valence-electron chi connectivity index (χ2n) is 3.73. The Morgan fingerprint density at radius 2 is 2.29 bits per heavy atom. The minimum absolute atomic E-state index is 0.0897. The fraction of sp³-hybridized carbons (Fsp3) is 0.417. The Bertz CT molecular complexity index is 396. The molecular weight excluding hydrogens is 223 g/mol. The van der Waals surface area contributed by atoms with Gasteiger partial charge in [-0.1, -0.05) is 13.3 Å². The fourth-order valence-electron chi connectivity index (χ4n) is 1.41. The molecule has 0 aliphatic heterocycles. The molecule has 1 atom stereocenters. The standard InChI is InChI=1S/C12H17FN2O2/c1-3-4-10(14)12(16)15-8-5-6-9(13)11(7-8)17-2/h5-7,10H,3-4,14H2,1-2H3,(H,15,16). The summed E-state index contributed by atoms with van der Waals surface area (Å²) < 4.78 is 17.9. The number of hydrogen-bond donors (Lipinski definition) is 2. The number of nitrogens with one attached hydrogen (secondary N) is 1. The lowest BCUT2D eigenvalue weighted by Crippen LogP contribution is -2.35. The Hall–Kier alpha value is -1.62. The SMILES string of the molecule is CCCC(N)C(=O)Nc1ccc(F)c(OC)c1. The van der Waals surface area contributed by atoms with E-state index in [0.717, 1.165) is 6.42 Å². The maximum Gasteiger partial charge on any atom is 0.241 e. The minimum atomic E-state index is -0.545. The minimum Gasteiger partial charge on any atom is -0.494 e. The molecular formula is C12H17FN2O2. The Kier molecular flexibility index (Phi) is 4.90. The van der Waals surface area contributed by atoms with E-state index in [1.54, 1.807) is 0 Å². The predicted molar refractivity (Wildman–Crippen MR) is 64.5 cm³/mol. The molecule has 0 aliphatic carbocycles. The second kappa shape index (κ2) is 6.20. The second-order valence-corrected chi connectivity index (χ2v) is 3.73. The number of halogens is 1. The van der Waals surface area contributed by atoms with Gasteiger partial charge in [-0.2, -0.15) is 0 Å². The van der Waals surface area contributed by atoms with E-state index in [0.29, 0.717) is 12.1 Å². The van der Waals surface area contributed by atoms with Gasteiger partial charge in [-0.15, -0.1) is 0 Å². The average molecular weight is 240 g/mol. The molecule has 0 saturated carbocycles. The van der Waals surface area contributed by atoms with Crippen molar-refractivity contribution in [3.05, 3.63) is 24.0 Å². The van der Waals surface area contributed by atoms with Gasteiger partial charge in [0, 0.05) is 11.8 Å². The number of hydrogen-bond acceptors (Lipinski definition) is 3. The van der Waals surface area contributed by atoms with Crippen molar-refractivity contribution in [1.82, 2.24) is 0 Å². The Labute approximate surface area is 100.0 Å². The zero-order valence-corrected chi connectivity index (χ0v) is 10.00. The van der Waals surface area contributed by atoms with E-state index in [1.807, 2.05) is 6.92 Å². The van der Waals surface area contributed by atoms with Crippen molar-refractivity contribution in [3.8, 4) is 5.75 Å². The van der Waals surface area contributed by atoms with Crippen LogP contribution in [0.4, 0.5) is 10.1 Å². The van der Waals surface area contributed by atoms with E-state index in [2.05, 4.69) is 5.32 Å². The first-order chi connectivity index (χ1) is 8.08. The topological polar surface area (TPSA) is 64.4 Å². The van der Waals surface area contributed by atoms with Crippen molar-refractivity contribution in [1.29, 1.82) is 0 Å². The maximum absolute atomic E-state index is 13.1. The van der Waals surface area contributed by atoms with E-state index in [-0.39, 0.29) is 11.7 Å². The summed E-state index contributed by atoms with van der Waals surface area (Å²) in [5.74, 6) is -0.657. The van der Waals surface area contributed by atoms with E-state index < -0.39 is 11.9 Å². The summed E-state index contributed by atoms with van der Waals surface area (Å²) >= 11 is 0. The van der Waals surface area contributed by atoms with Crippen LogP contribution in [0.25, 0.3) is 0 Å². The molecule has 4 nitrogen and oxygen atoms in total. The van der Waals surface area contributed by atoms with E-state index in [1.165, 1.54) is 25.3 Å². The number of amides is 1. The van der Waals surface area contributed by atoms with Crippen LogP contribution in [0.1, 0.15) is 19.8 Å². The molecule has 3 N–H and O–H groups in total. The number of carbonyl (C=O) groups is 1. The highest BCUT2D eigenvalue weighted by Gasteiger charge is 2.13. The number of benzene rings is 1. The van der Waals surface area contributed by atoms with Crippen LogP contribution in [-0.2, 0) is 4.79 Å². The van der Waals surface area contributed by atoms with Gasteiger partial charge in [0.25, 0.3) is 0 Å². The number of carbonyl (C=O) groups excluding carboxylic acids is 1. The zero-order valence-electron chi connectivity index (χ0n) is 10.00. The third kappa shape index (κ3) is 3.71. The van der Waals surface area contributed by atoms with Gasteiger partial charge in [-0.05, 0) is 18.6 Å². The van der Waals surface area contributed by atoms with Crippen LogP contribution in [0.2, 0.25) is 0 Å². The number of nitrogens with two attached hydrogens (primary N) is 1. The summed E-state index contributed by atoms with van der Waals surface area (Å²) in [7, 11) is 1.37. The molecule has 5 heteroatoms. The quantitative estimate of drug-likeness (QED) is 0.826. The van der Waals surface area contributed by atoms with Crippen LogP contribution in [0.15, 0.2) is 18.2 Å². The van der Waals surface area contributed by atoms with Crippen molar-refractivity contribution in [3.63, 3.8) is 0 Å². The fourth-order valence-corrected chi connectivity index (χ4v) is 1.41. The summed E-state index contributed by atoms with van der Waals surface area (Å²) in [6.07, 6.45) is 1.45. The molecule has 1 amide bonds. The molecule has 17 heavy (non-hydrogen) atoms. The summed E-state index contributed by atoms with van der Waals surface area (Å²) in [6.45, 7) is 1.95. The van der Waals surface area contributed by atoms with Crippen molar-refractivity contribution >= 4 is 11.6 Å². The molecule has 0 heterocycles. The molecule has 1 aromatic rings. The molecule has 1 aromatic carbocycles. The van der Waals surface area contributed by atoms with E-state index in [4.69, 9.17) is 10.5 Å². The summed E-state index contributed by atoms with van der Waals surface area (Å²) in [5, 5.41) is 2.62. The Morgan fingerprint density at radius 3 is 2.88 bits per heavy atom. The van der Waals surface area contributed by atoms with Gasteiger partial charge in [-0.25, -0.2) is 4.39 Å². The van der Waals surface area contributed by atoms with E-state index >= 15 is 0 Å². The molecule has 0 bridgehead atoms. The van der Waals surface area contributed by atoms with Crippen LogP contribution in [0.3, 0.4) is 0 Å². The molecule has 0 aromatic heterocycles. The molecule has 1 rings (SSSR count). The number of ether oxygens (including phenoxy) is 1. The van der Waals surface area contributed by atoms with Gasteiger partial charge in [-0.3, -0.25) is 4.79 Å². The molecule has 0 aliphatic rings. The third-order valence-electron chi connectivity index (χ3n) is 2.36. The number of rotatable bonds is 5. The monoisotopic (exact) mass is 240 g/mol. The zero-order chi connectivity index (χ0) is 12.8. The van der Waals surface area contributed by atoms with Crippen molar-refractivity contribution < 1.29 is 13.9 Å². The summed E-state index contributed by atoms with van der Waals surface area (Å²) in [6, 6.07) is 3.58. The lowest BCUT2D eigenvalue weighted by molar-refractivity contribution is -0.117. The molecule has 94 valence electrons. The first-order valence-corrected chi connectivity index (χ1v) is 5.48. The predicted octanol–water partition coefficient (Wildman–Crippen LogP) is 1.90. The van der Waals surface area contributed by atoms with Gasteiger partial charge < -0.3 is 15.8 Å². The van der Waals surface area contributed by atoms with Crippen LogP contribution in [0, 0.1) is 5.82 Å². The van der Waals surface area contributed by atoms with Crippen LogP contribution >= 0.6 is 0 Å². The highest BCUT2D eigenvalue weighted by atomic mass is 19.1. The van der Waals surface area contributed by atoms with Gasteiger partial charge in [0.2, 0.25) is 5.91 Å². The van der Waals surface area contributed by atoms with Crippen LogP contribution in [0.5, 0.6) is 5.75 Å². The highest BCUT2D eigenvalue weighted by Crippen LogP contribution is 2.21. The van der Waals surface area contributed by atoms with Gasteiger partial charge >= 0.3 is 0 Å². The number of methoxy groups -OCH3 is 1. The Balaban J connectivity index is 2.71. The number of anilines is 1. The third-order valence-corrected chi connectivity index (χ3v) is 2.36. The first-order valence-electron chi connectivity index (χ1n) is 5.48. The Morgan fingerprint density at radius 1 is 1.59 bits per heavy atom. The van der Waals surface area contributed by atoms with Gasteiger partial charge in [0.15, 0.2) is 11.6 Å². The summed E-state index contributed by atoms with van der Waals surface area (Å²) in [4.78, 5) is 11.6. The molecule has 0 spiro atoms. The lowest BCUT2D eigenvalue weighted by atomic mass is 10.1. The average Bonchev–Trinajstić information content (AvgIpc) is 2.31. The maximum atomic E-state index is 13.1. The van der Waals surface area contributed by atoms with Crippen LogP contribution < -0.4 is 15.8 Å². The normalized spacial score (nSPS) is 12.0. The molecule has 0 radical (unpaired) electrons. The molecule has 0 fully saturated rings. The van der Waals surface area contributed by atoms with Crippen LogP contribution in [-0.4, -0.2) is 19.1 Å². The lowest BCUT2D eigenvalue weighted by Gasteiger charge is -2.12. The first kappa shape index (κ1) is 13.4. The van der Waals surface area contributed by atoms with Crippen molar-refractivity contribution in [2.75, 3.05) is 12.4 Å². The van der Waals surface area contributed by atoms with Gasteiger partial charge in [0.05, 0.1) is 13.2 Å². The molecule has 0 saturated heterocycles.